The summed E-state index contributed by atoms with van der Waals surface area (Å²) in [4.78, 5) is 12.5. The zero-order chi connectivity index (χ0) is 23.3. The van der Waals surface area contributed by atoms with Crippen LogP contribution in [0.1, 0.15) is 136 Å². The van der Waals surface area contributed by atoms with Gasteiger partial charge in [0.2, 0.25) is 0 Å². The van der Waals surface area contributed by atoms with Gasteiger partial charge in [-0.3, -0.25) is 4.79 Å². The summed E-state index contributed by atoms with van der Waals surface area (Å²) in [5.41, 5.74) is 5.56. The fourth-order valence-corrected chi connectivity index (χ4v) is 4.27. The van der Waals surface area contributed by atoms with E-state index in [4.69, 9.17) is 5.73 Å². The molecule has 5 heteroatoms. The Bertz CT molecular complexity index is 403. The van der Waals surface area contributed by atoms with Crippen molar-refractivity contribution in [3.63, 3.8) is 0 Å². The van der Waals surface area contributed by atoms with Crippen molar-refractivity contribution < 1.29 is 20.1 Å². The Morgan fingerprint density at radius 3 is 1.39 bits per heavy atom. The van der Waals surface area contributed by atoms with Crippen molar-refractivity contribution in [2.75, 3.05) is 0 Å². The fraction of sp³-hybridized carbons (Fsp3) is 0.962. The van der Waals surface area contributed by atoms with Gasteiger partial charge in [-0.25, -0.2) is 0 Å². The molecule has 0 amide bonds. The van der Waals surface area contributed by atoms with Gasteiger partial charge in [0.05, 0.1) is 12.0 Å². The van der Waals surface area contributed by atoms with E-state index in [1.807, 2.05) is 0 Å². The highest BCUT2D eigenvalue weighted by Gasteiger charge is 2.34. The number of nitrogens with two attached hydrogens (primary N) is 1. The summed E-state index contributed by atoms with van der Waals surface area (Å²) in [5.74, 6) is -1.62. The number of aliphatic hydroxyl groups is 3. The lowest BCUT2D eigenvalue weighted by atomic mass is 9.87. The number of rotatable bonds is 23. The van der Waals surface area contributed by atoms with Gasteiger partial charge in [-0.15, -0.1) is 0 Å². The Labute approximate surface area is 192 Å². The molecule has 186 valence electrons. The molecule has 0 aliphatic carbocycles. The first-order chi connectivity index (χ1) is 15.0. The molecule has 0 heterocycles. The molecule has 0 saturated heterocycles. The summed E-state index contributed by atoms with van der Waals surface area (Å²) in [6.45, 7) is 4.36. The van der Waals surface area contributed by atoms with E-state index in [-0.39, 0.29) is 0 Å². The van der Waals surface area contributed by atoms with Gasteiger partial charge in [0, 0.05) is 0 Å². The Kier molecular flexibility index (Phi) is 21.0. The topological polar surface area (TPSA) is 104 Å². The SMILES string of the molecule is CCCCCCCCCCCCCCCC(O)C(C(=O)C(O)CCCCCC)C(N)O. The van der Waals surface area contributed by atoms with Crippen LogP contribution in [0.5, 0.6) is 0 Å². The van der Waals surface area contributed by atoms with E-state index < -0.39 is 30.1 Å². The van der Waals surface area contributed by atoms with Crippen LogP contribution in [-0.4, -0.2) is 39.5 Å². The molecule has 0 spiro atoms. The molecule has 0 saturated carbocycles. The van der Waals surface area contributed by atoms with Gasteiger partial charge >= 0.3 is 0 Å². The predicted molar refractivity (Wildman–Crippen MR) is 130 cm³/mol. The van der Waals surface area contributed by atoms with E-state index in [1.54, 1.807) is 0 Å². The molecule has 0 aliphatic heterocycles. The first-order valence-corrected chi connectivity index (χ1v) is 13.3. The van der Waals surface area contributed by atoms with E-state index in [1.165, 1.54) is 64.2 Å². The van der Waals surface area contributed by atoms with Crippen molar-refractivity contribution >= 4 is 5.78 Å². The number of Topliss-reactive ketones (excluding diaryl/α,β-unsaturated/α-hetero) is 1. The molecule has 0 aromatic heterocycles. The summed E-state index contributed by atoms with van der Waals surface area (Å²) in [7, 11) is 0. The van der Waals surface area contributed by atoms with Gasteiger partial charge in [0.25, 0.3) is 0 Å². The second-order valence-electron chi connectivity index (χ2n) is 9.38. The normalized spacial score (nSPS) is 15.5. The first-order valence-electron chi connectivity index (χ1n) is 13.3. The molecule has 0 aromatic carbocycles. The maximum Gasteiger partial charge on any atom is 0.170 e. The zero-order valence-corrected chi connectivity index (χ0v) is 20.6. The minimum absolute atomic E-state index is 0.369. The minimum Gasteiger partial charge on any atom is -0.392 e. The monoisotopic (exact) mass is 443 g/mol. The third-order valence-corrected chi connectivity index (χ3v) is 6.37. The summed E-state index contributed by atoms with van der Waals surface area (Å²) >= 11 is 0. The quantitative estimate of drug-likeness (QED) is 0.121. The Morgan fingerprint density at radius 1 is 0.613 bits per heavy atom. The second kappa shape index (κ2) is 21.4. The highest BCUT2D eigenvalue weighted by Crippen LogP contribution is 2.20. The molecule has 0 aliphatic rings. The summed E-state index contributed by atoms with van der Waals surface area (Å²) in [6, 6.07) is 0. The summed E-state index contributed by atoms with van der Waals surface area (Å²) < 4.78 is 0. The number of aliphatic hydroxyl groups excluding tert-OH is 3. The van der Waals surface area contributed by atoms with Crippen LogP contribution in [0.15, 0.2) is 0 Å². The first kappa shape index (κ1) is 30.5. The Morgan fingerprint density at radius 2 is 0.968 bits per heavy atom. The highest BCUT2D eigenvalue weighted by molar-refractivity contribution is 5.86. The average Bonchev–Trinajstić information content (AvgIpc) is 2.74. The lowest BCUT2D eigenvalue weighted by Gasteiger charge is -2.26. The Hall–Kier alpha value is -0.490. The molecule has 31 heavy (non-hydrogen) atoms. The molecule has 4 unspecified atom stereocenters. The van der Waals surface area contributed by atoms with Gasteiger partial charge in [-0.2, -0.15) is 0 Å². The number of hydrogen-bond acceptors (Lipinski definition) is 5. The van der Waals surface area contributed by atoms with Gasteiger partial charge in [0.1, 0.15) is 12.3 Å². The van der Waals surface area contributed by atoms with Crippen LogP contribution < -0.4 is 5.73 Å². The predicted octanol–water partition coefficient (Wildman–Crippen LogP) is 5.62. The largest absolute Gasteiger partial charge is 0.392 e. The molecule has 0 fully saturated rings. The number of carbonyl (C=O) groups excluding carboxylic acids is 1. The van der Waals surface area contributed by atoms with Crippen molar-refractivity contribution in [2.45, 2.75) is 154 Å². The van der Waals surface area contributed by atoms with Crippen LogP contribution in [0, 0.1) is 5.92 Å². The molecule has 0 aromatic rings. The van der Waals surface area contributed by atoms with E-state index >= 15 is 0 Å². The lowest BCUT2D eigenvalue weighted by molar-refractivity contribution is -0.140. The van der Waals surface area contributed by atoms with Crippen LogP contribution in [0.4, 0.5) is 0 Å². The molecular formula is C26H53NO4. The molecule has 0 bridgehead atoms. The van der Waals surface area contributed by atoms with Gasteiger partial charge in [-0.05, 0) is 12.8 Å². The fourth-order valence-electron chi connectivity index (χ4n) is 4.27. The van der Waals surface area contributed by atoms with Crippen molar-refractivity contribution in [2.24, 2.45) is 11.7 Å². The molecular weight excluding hydrogens is 390 g/mol. The van der Waals surface area contributed by atoms with Crippen LogP contribution in [0.2, 0.25) is 0 Å². The maximum atomic E-state index is 12.5. The van der Waals surface area contributed by atoms with Crippen molar-refractivity contribution in [1.29, 1.82) is 0 Å². The van der Waals surface area contributed by atoms with E-state index in [9.17, 15) is 20.1 Å². The van der Waals surface area contributed by atoms with Gasteiger partial charge in [-0.1, -0.05) is 123 Å². The van der Waals surface area contributed by atoms with Gasteiger partial charge in [0.15, 0.2) is 5.78 Å². The van der Waals surface area contributed by atoms with Crippen molar-refractivity contribution in [3.8, 4) is 0 Å². The minimum atomic E-state index is -1.44. The maximum absolute atomic E-state index is 12.5. The van der Waals surface area contributed by atoms with Crippen molar-refractivity contribution in [3.05, 3.63) is 0 Å². The van der Waals surface area contributed by atoms with E-state index in [0.717, 1.165) is 44.9 Å². The third kappa shape index (κ3) is 16.8. The number of ketones is 1. The number of unbranched alkanes of at least 4 members (excludes halogenated alkanes) is 15. The van der Waals surface area contributed by atoms with Crippen LogP contribution in [0.25, 0.3) is 0 Å². The smallest absolute Gasteiger partial charge is 0.170 e. The van der Waals surface area contributed by atoms with Crippen LogP contribution >= 0.6 is 0 Å². The van der Waals surface area contributed by atoms with E-state index in [2.05, 4.69) is 13.8 Å². The molecule has 5 nitrogen and oxygen atoms in total. The standard InChI is InChI=1S/C26H53NO4/c1-3-5-7-9-10-11-12-13-14-15-16-17-19-20-22(28)24(26(27)31)25(30)23(29)21-18-8-6-4-2/h22-24,26,28-29,31H,3-21,27H2,1-2H3. The van der Waals surface area contributed by atoms with Crippen LogP contribution in [0.3, 0.4) is 0 Å². The Balaban J connectivity index is 3.88. The number of carbonyl (C=O) groups is 1. The van der Waals surface area contributed by atoms with Crippen molar-refractivity contribution in [1.82, 2.24) is 0 Å². The summed E-state index contributed by atoms with van der Waals surface area (Å²) in [6.07, 6.45) is 17.4. The second-order valence-corrected chi connectivity index (χ2v) is 9.38. The number of hydrogen-bond donors (Lipinski definition) is 4. The molecule has 5 N–H and O–H groups in total. The van der Waals surface area contributed by atoms with Crippen LogP contribution in [-0.2, 0) is 4.79 Å². The highest BCUT2D eigenvalue weighted by atomic mass is 16.3. The average molecular weight is 444 g/mol. The summed E-state index contributed by atoms with van der Waals surface area (Å²) in [5, 5.41) is 30.4. The molecule has 4 atom stereocenters. The van der Waals surface area contributed by atoms with E-state index in [0.29, 0.717) is 12.8 Å². The third-order valence-electron chi connectivity index (χ3n) is 6.37. The molecule has 0 rings (SSSR count). The van der Waals surface area contributed by atoms with Gasteiger partial charge < -0.3 is 21.1 Å². The lowest BCUT2D eigenvalue weighted by Crippen LogP contribution is -2.47. The molecule has 0 radical (unpaired) electrons. The zero-order valence-electron chi connectivity index (χ0n) is 20.6.